The van der Waals surface area contributed by atoms with Gasteiger partial charge in [0.05, 0.1) is 12.6 Å². The number of hydrogen-bond donors (Lipinski definition) is 1. The smallest absolute Gasteiger partial charge is 0.246 e. The van der Waals surface area contributed by atoms with Crippen LogP contribution < -0.4 is 5.32 Å². The van der Waals surface area contributed by atoms with Crippen molar-refractivity contribution < 1.29 is 14.3 Å². The van der Waals surface area contributed by atoms with Crippen molar-refractivity contribution in [3.8, 4) is 0 Å². The lowest BCUT2D eigenvalue weighted by atomic mass is 10.2. The fourth-order valence-corrected chi connectivity index (χ4v) is 1.23. The van der Waals surface area contributed by atoms with E-state index in [1.807, 2.05) is 6.92 Å². The van der Waals surface area contributed by atoms with Gasteiger partial charge in [-0.05, 0) is 12.8 Å². The van der Waals surface area contributed by atoms with Crippen LogP contribution in [-0.2, 0) is 14.3 Å². The van der Waals surface area contributed by atoms with E-state index in [1.54, 1.807) is 0 Å². The van der Waals surface area contributed by atoms with Crippen LogP contribution in [0.15, 0.2) is 0 Å². The van der Waals surface area contributed by atoms with Crippen LogP contribution in [0.2, 0.25) is 0 Å². The summed E-state index contributed by atoms with van der Waals surface area (Å²) in [5.74, 6) is -0.0380. The maximum Gasteiger partial charge on any atom is 0.246 e. The first-order valence-electron chi connectivity index (χ1n) is 4.77. The molecule has 0 bridgehead atoms. The first-order chi connectivity index (χ1) is 6.33. The molecule has 0 radical (unpaired) electrons. The van der Waals surface area contributed by atoms with Gasteiger partial charge in [-0.15, -0.1) is 0 Å². The minimum absolute atomic E-state index is 0.0380. The first-order valence-corrected chi connectivity index (χ1v) is 4.77. The van der Waals surface area contributed by atoms with E-state index < -0.39 is 0 Å². The van der Waals surface area contributed by atoms with E-state index in [9.17, 15) is 4.79 Å². The molecule has 0 aromatic heterocycles. The number of ether oxygens (including phenoxy) is 2. The quantitative estimate of drug-likeness (QED) is 0.630. The van der Waals surface area contributed by atoms with Crippen molar-refractivity contribution in [3.63, 3.8) is 0 Å². The SMILES string of the molecule is CCCOCC(=O)NC1CCOC1. The molecule has 1 rings (SSSR count). The van der Waals surface area contributed by atoms with Gasteiger partial charge in [0.15, 0.2) is 0 Å². The average molecular weight is 187 g/mol. The van der Waals surface area contributed by atoms with Crippen LogP contribution in [0.4, 0.5) is 0 Å². The summed E-state index contributed by atoms with van der Waals surface area (Å²) in [6.07, 6.45) is 1.86. The van der Waals surface area contributed by atoms with Gasteiger partial charge in [-0.25, -0.2) is 0 Å². The van der Waals surface area contributed by atoms with Crippen LogP contribution in [-0.4, -0.2) is 38.4 Å². The third kappa shape index (κ3) is 4.24. The standard InChI is InChI=1S/C9H17NO3/c1-2-4-12-7-9(11)10-8-3-5-13-6-8/h8H,2-7H2,1H3,(H,10,11). The van der Waals surface area contributed by atoms with Crippen LogP contribution in [0.5, 0.6) is 0 Å². The Morgan fingerprint density at radius 2 is 2.54 bits per heavy atom. The molecule has 1 N–H and O–H groups in total. The second-order valence-electron chi connectivity index (χ2n) is 3.18. The van der Waals surface area contributed by atoms with Crippen molar-refractivity contribution >= 4 is 5.91 Å². The summed E-state index contributed by atoms with van der Waals surface area (Å²) in [5.41, 5.74) is 0. The molecule has 0 saturated carbocycles. The van der Waals surface area contributed by atoms with Gasteiger partial charge >= 0.3 is 0 Å². The molecule has 1 amide bonds. The van der Waals surface area contributed by atoms with Crippen LogP contribution in [0.1, 0.15) is 19.8 Å². The van der Waals surface area contributed by atoms with Crippen molar-refractivity contribution in [2.75, 3.05) is 26.4 Å². The monoisotopic (exact) mass is 187 g/mol. The maximum absolute atomic E-state index is 11.2. The van der Waals surface area contributed by atoms with Gasteiger partial charge in [0.25, 0.3) is 0 Å². The Hall–Kier alpha value is -0.610. The predicted octanol–water partition coefficient (Wildman–Crippen LogP) is 0.318. The van der Waals surface area contributed by atoms with Crippen LogP contribution in [0.25, 0.3) is 0 Å². The Labute approximate surface area is 78.6 Å². The van der Waals surface area contributed by atoms with Crippen LogP contribution in [0.3, 0.4) is 0 Å². The lowest BCUT2D eigenvalue weighted by Crippen LogP contribution is -2.37. The van der Waals surface area contributed by atoms with E-state index in [0.717, 1.165) is 19.4 Å². The lowest BCUT2D eigenvalue weighted by Gasteiger charge is -2.10. The summed E-state index contributed by atoms with van der Waals surface area (Å²) < 4.78 is 10.2. The van der Waals surface area contributed by atoms with Crippen molar-refractivity contribution in [1.29, 1.82) is 0 Å². The largest absolute Gasteiger partial charge is 0.379 e. The number of amides is 1. The Morgan fingerprint density at radius 3 is 3.15 bits per heavy atom. The summed E-state index contributed by atoms with van der Waals surface area (Å²) in [4.78, 5) is 11.2. The summed E-state index contributed by atoms with van der Waals surface area (Å²) in [6, 6.07) is 0.192. The number of carbonyl (C=O) groups excluding carboxylic acids is 1. The Balaban J connectivity index is 2.02. The third-order valence-corrected chi connectivity index (χ3v) is 1.88. The van der Waals surface area contributed by atoms with Crippen LogP contribution >= 0.6 is 0 Å². The van der Waals surface area contributed by atoms with Crippen molar-refractivity contribution in [3.05, 3.63) is 0 Å². The second-order valence-corrected chi connectivity index (χ2v) is 3.18. The summed E-state index contributed by atoms with van der Waals surface area (Å²) >= 11 is 0. The van der Waals surface area contributed by atoms with Gasteiger partial charge in [-0.3, -0.25) is 4.79 Å². The Bertz CT molecular complexity index is 155. The maximum atomic E-state index is 11.2. The van der Waals surface area contributed by atoms with Crippen molar-refractivity contribution in [1.82, 2.24) is 5.32 Å². The highest BCUT2D eigenvalue weighted by atomic mass is 16.5. The molecule has 1 fully saturated rings. The Kier molecular flexibility index (Phi) is 4.78. The van der Waals surface area contributed by atoms with E-state index in [-0.39, 0.29) is 18.6 Å². The van der Waals surface area contributed by atoms with Crippen molar-refractivity contribution in [2.24, 2.45) is 0 Å². The topological polar surface area (TPSA) is 47.6 Å². The summed E-state index contributed by atoms with van der Waals surface area (Å²) in [5, 5.41) is 2.85. The normalized spacial score (nSPS) is 21.8. The van der Waals surface area contributed by atoms with Gasteiger partial charge < -0.3 is 14.8 Å². The molecule has 1 aliphatic rings. The number of carbonyl (C=O) groups is 1. The number of nitrogens with one attached hydrogen (secondary N) is 1. The van der Waals surface area contributed by atoms with Gasteiger partial charge in [0, 0.05) is 13.2 Å². The minimum Gasteiger partial charge on any atom is -0.379 e. The molecule has 0 spiro atoms. The molecule has 1 aliphatic heterocycles. The molecular weight excluding hydrogens is 170 g/mol. The van der Waals surface area contributed by atoms with Crippen LogP contribution in [0, 0.1) is 0 Å². The molecular formula is C9H17NO3. The number of hydrogen-bond acceptors (Lipinski definition) is 3. The summed E-state index contributed by atoms with van der Waals surface area (Å²) in [7, 11) is 0. The zero-order chi connectivity index (χ0) is 9.52. The molecule has 13 heavy (non-hydrogen) atoms. The fraction of sp³-hybridized carbons (Fsp3) is 0.889. The average Bonchev–Trinajstić information content (AvgIpc) is 2.57. The van der Waals surface area contributed by atoms with Gasteiger partial charge in [-0.2, -0.15) is 0 Å². The van der Waals surface area contributed by atoms with E-state index in [4.69, 9.17) is 9.47 Å². The van der Waals surface area contributed by atoms with Gasteiger partial charge in [0.2, 0.25) is 5.91 Å². The Morgan fingerprint density at radius 1 is 1.69 bits per heavy atom. The van der Waals surface area contributed by atoms with E-state index in [1.165, 1.54) is 0 Å². The molecule has 76 valence electrons. The fourth-order valence-electron chi connectivity index (χ4n) is 1.23. The highest BCUT2D eigenvalue weighted by molar-refractivity contribution is 5.77. The summed E-state index contributed by atoms with van der Waals surface area (Å²) in [6.45, 7) is 4.22. The molecule has 0 aliphatic carbocycles. The highest BCUT2D eigenvalue weighted by Crippen LogP contribution is 2.02. The van der Waals surface area contributed by atoms with E-state index >= 15 is 0 Å². The highest BCUT2D eigenvalue weighted by Gasteiger charge is 2.17. The van der Waals surface area contributed by atoms with E-state index in [2.05, 4.69) is 5.32 Å². The van der Waals surface area contributed by atoms with Crippen molar-refractivity contribution in [2.45, 2.75) is 25.8 Å². The number of rotatable bonds is 5. The second kappa shape index (κ2) is 5.94. The predicted molar refractivity (Wildman–Crippen MR) is 48.5 cm³/mol. The molecule has 1 saturated heterocycles. The molecule has 0 aromatic rings. The molecule has 1 heterocycles. The molecule has 4 heteroatoms. The van der Waals surface area contributed by atoms with Gasteiger partial charge in [-0.1, -0.05) is 6.92 Å². The molecule has 1 unspecified atom stereocenters. The minimum atomic E-state index is -0.0380. The van der Waals surface area contributed by atoms with E-state index in [0.29, 0.717) is 13.2 Å². The molecule has 1 atom stereocenters. The van der Waals surface area contributed by atoms with Gasteiger partial charge in [0.1, 0.15) is 6.61 Å². The zero-order valence-corrected chi connectivity index (χ0v) is 8.04. The first kappa shape index (κ1) is 10.5. The molecule has 4 nitrogen and oxygen atoms in total. The zero-order valence-electron chi connectivity index (χ0n) is 8.04. The lowest BCUT2D eigenvalue weighted by molar-refractivity contribution is -0.126. The molecule has 0 aromatic carbocycles. The third-order valence-electron chi connectivity index (χ3n) is 1.88.